The Morgan fingerprint density at radius 3 is 2.29 bits per heavy atom. The van der Waals surface area contributed by atoms with Gasteiger partial charge in [-0.2, -0.15) is 0 Å². The van der Waals surface area contributed by atoms with Crippen molar-refractivity contribution in [2.45, 2.75) is 62.8 Å². The molecule has 2 fully saturated rings. The van der Waals surface area contributed by atoms with Crippen LogP contribution in [0.15, 0.2) is 18.2 Å². The van der Waals surface area contributed by atoms with Crippen LogP contribution in [-0.4, -0.2) is 26.4 Å². The summed E-state index contributed by atoms with van der Waals surface area (Å²) >= 11 is 12.5. The fourth-order valence-corrected chi connectivity index (χ4v) is 6.31. The number of carbonyl (C=O) groups is 1. The summed E-state index contributed by atoms with van der Waals surface area (Å²) in [5.74, 6) is 0.0829. The summed E-state index contributed by atoms with van der Waals surface area (Å²) < 4.78 is 6.75. The topological polar surface area (TPSA) is 38.3 Å². The molecule has 0 radical (unpaired) electrons. The van der Waals surface area contributed by atoms with Crippen LogP contribution in [-0.2, 0) is 14.6 Å². The highest BCUT2D eigenvalue weighted by Crippen LogP contribution is 2.54. The first kappa shape index (κ1) is 18.2. The third-order valence-corrected chi connectivity index (χ3v) is 7.06. The molecule has 6 heteroatoms. The maximum absolute atomic E-state index is 12.2. The first-order valence-electron chi connectivity index (χ1n) is 8.60. The van der Waals surface area contributed by atoms with E-state index in [2.05, 4.69) is 31.0 Å². The van der Waals surface area contributed by atoms with E-state index >= 15 is 0 Å². The Morgan fingerprint density at radius 2 is 1.79 bits per heavy atom. The molecular weight excluding hydrogens is 361 g/mol. The van der Waals surface area contributed by atoms with Gasteiger partial charge in [0.2, 0.25) is 5.91 Å². The molecule has 1 heterocycles. The fourth-order valence-electron chi connectivity index (χ4n) is 4.50. The zero-order valence-corrected chi connectivity index (χ0v) is 17.1. The Labute approximate surface area is 155 Å². The molecular formula is C18H25Cl2NO2Si. The Balaban J connectivity index is 2.13. The van der Waals surface area contributed by atoms with E-state index in [4.69, 9.17) is 27.6 Å². The SMILES string of the molecule is C[Si](C)(C)OC1(C2(c3ccc(Cl)c(Cl)c3)CCCC2)CNC(=O)C1. The average molecular weight is 386 g/mol. The molecule has 1 aliphatic heterocycles. The first-order valence-corrected chi connectivity index (χ1v) is 12.8. The van der Waals surface area contributed by atoms with Gasteiger partial charge in [-0.3, -0.25) is 4.79 Å². The molecule has 1 aromatic rings. The van der Waals surface area contributed by atoms with Crippen molar-refractivity contribution in [3.8, 4) is 0 Å². The van der Waals surface area contributed by atoms with Crippen LogP contribution in [0.4, 0.5) is 0 Å². The first-order chi connectivity index (χ1) is 11.2. The van der Waals surface area contributed by atoms with E-state index in [1.54, 1.807) is 0 Å². The predicted octanol–water partition coefficient (Wildman–Crippen LogP) is 4.92. The van der Waals surface area contributed by atoms with Crippen LogP contribution in [0, 0.1) is 0 Å². The number of halogens is 2. The summed E-state index contributed by atoms with van der Waals surface area (Å²) in [6, 6.07) is 5.91. The maximum atomic E-state index is 12.2. The Morgan fingerprint density at radius 1 is 1.12 bits per heavy atom. The number of hydrogen-bond acceptors (Lipinski definition) is 2. The van der Waals surface area contributed by atoms with Gasteiger partial charge in [-0.25, -0.2) is 0 Å². The van der Waals surface area contributed by atoms with E-state index < -0.39 is 13.9 Å². The molecule has 0 bridgehead atoms. The van der Waals surface area contributed by atoms with Crippen molar-refractivity contribution in [3.05, 3.63) is 33.8 Å². The molecule has 1 saturated heterocycles. The average Bonchev–Trinajstić information content (AvgIpc) is 3.09. The van der Waals surface area contributed by atoms with Crippen LogP contribution in [0.25, 0.3) is 0 Å². The molecule has 1 amide bonds. The normalized spacial score (nSPS) is 26.6. The number of benzene rings is 1. The minimum atomic E-state index is -1.85. The second-order valence-corrected chi connectivity index (χ2v) is 13.3. The molecule has 24 heavy (non-hydrogen) atoms. The summed E-state index contributed by atoms with van der Waals surface area (Å²) in [6.45, 7) is 7.15. The molecule has 1 N–H and O–H groups in total. The molecule has 0 spiro atoms. The lowest BCUT2D eigenvalue weighted by molar-refractivity contribution is -0.121. The Hall–Kier alpha value is -0.553. The summed E-state index contributed by atoms with van der Waals surface area (Å²) in [6.07, 6.45) is 4.75. The van der Waals surface area contributed by atoms with E-state index in [0.29, 0.717) is 23.0 Å². The van der Waals surface area contributed by atoms with Crippen molar-refractivity contribution in [2.24, 2.45) is 0 Å². The van der Waals surface area contributed by atoms with Crippen molar-refractivity contribution in [3.63, 3.8) is 0 Å². The maximum Gasteiger partial charge on any atom is 0.223 e. The third kappa shape index (κ3) is 3.14. The van der Waals surface area contributed by atoms with Gasteiger partial charge in [-0.15, -0.1) is 0 Å². The lowest BCUT2D eigenvalue weighted by atomic mass is 9.65. The van der Waals surface area contributed by atoms with Crippen LogP contribution >= 0.6 is 23.2 Å². The van der Waals surface area contributed by atoms with Crippen molar-refractivity contribution in [2.75, 3.05) is 6.54 Å². The molecule has 1 saturated carbocycles. The van der Waals surface area contributed by atoms with Gasteiger partial charge in [0, 0.05) is 12.0 Å². The van der Waals surface area contributed by atoms with Crippen LogP contribution in [0.1, 0.15) is 37.7 Å². The van der Waals surface area contributed by atoms with Gasteiger partial charge in [0.25, 0.3) is 0 Å². The van der Waals surface area contributed by atoms with Crippen molar-refractivity contribution < 1.29 is 9.22 Å². The smallest absolute Gasteiger partial charge is 0.223 e. The molecule has 0 aromatic heterocycles. The van der Waals surface area contributed by atoms with Gasteiger partial charge < -0.3 is 9.74 Å². The minimum absolute atomic E-state index is 0.0829. The van der Waals surface area contributed by atoms with Gasteiger partial charge in [0.05, 0.1) is 22.1 Å². The molecule has 2 aliphatic rings. The molecule has 1 atom stereocenters. The van der Waals surface area contributed by atoms with Crippen molar-refractivity contribution >= 4 is 37.4 Å². The van der Waals surface area contributed by atoms with E-state index in [9.17, 15) is 4.79 Å². The Kier molecular flexibility index (Phi) is 4.80. The van der Waals surface area contributed by atoms with E-state index in [1.807, 2.05) is 12.1 Å². The van der Waals surface area contributed by atoms with Gasteiger partial charge in [-0.05, 0) is 50.2 Å². The number of carbonyl (C=O) groups excluding carboxylic acids is 1. The number of amides is 1. The van der Waals surface area contributed by atoms with E-state index in [-0.39, 0.29) is 11.3 Å². The molecule has 1 aliphatic carbocycles. The van der Waals surface area contributed by atoms with Crippen molar-refractivity contribution in [1.29, 1.82) is 0 Å². The highest BCUT2D eigenvalue weighted by atomic mass is 35.5. The summed E-state index contributed by atoms with van der Waals surface area (Å²) in [7, 11) is -1.85. The lowest BCUT2D eigenvalue weighted by Gasteiger charge is -2.49. The number of nitrogens with one attached hydrogen (secondary N) is 1. The zero-order chi connectivity index (χ0) is 17.6. The highest BCUT2D eigenvalue weighted by Gasteiger charge is 2.59. The fraction of sp³-hybridized carbons (Fsp3) is 0.611. The van der Waals surface area contributed by atoms with Gasteiger partial charge >= 0.3 is 0 Å². The largest absolute Gasteiger partial charge is 0.409 e. The van der Waals surface area contributed by atoms with Gasteiger partial charge in [0.15, 0.2) is 8.32 Å². The predicted molar refractivity (Wildman–Crippen MR) is 101 cm³/mol. The monoisotopic (exact) mass is 385 g/mol. The van der Waals surface area contributed by atoms with Crippen LogP contribution in [0.3, 0.4) is 0 Å². The molecule has 132 valence electrons. The van der Waals surface area contributed by atoms with E-state index in [1.165, 1.54) is 0 Å². The van der Waals surface area contributed by atoms with Crippen LogP contribution < -0.4 is 5.32 Å². The molecule has 3 rings (SSSR count). The standard InChI is InChI=1S/C18H25Cl2NO2Si/c1-24(2,3)23-18(11-16(22)21-12-18)17(8-4-5-9-17)13-6-7-14(19)15(20)10-13/h6-7,10H,4-5,8-9,11-12H2,1-3H3,(H,21,22). The summed E-state index contributed by atoms with van der Waals surface area (Å²) in [5, 5.41) is 4.16. The second-order valence-electron chi connectivity index (χ2n) is 8.08. The molecule has 3 nitrogen and oxygen atoms in total. The highest BCUT2D eigenvalue weighted by molar-refractivity contribution is 6.69. The summed E-state index contributed by atoms with van der Waals surface area (Å²) in [5.41, 5.74) is 0.493. The number of rotatable bonds is 4. The second kappa shape index (κ2) is 6.31. The Bertz CT molecular complexity index is 653. The zero-order valence-electron chi connectivity index (χ0n) is 14.5. The molecule has 1 unspecified atom stereocenters. The van der Waals surface area contributed by atoms with E-state index in [0.717, 1.165) is 31.2 Å². The van der Waals surface area contributed by atoms with Gasteiger partial charge in [-0.1, -0.05) is 42.1 Å². The third-order valence-electron chi connectivity index (χ3n) is 5.32. The van der Waals surface area contributed by atoms with Gasteiger partial charge in [0.1, 0.15) is 0 Å². The quantitative estimate of drug-likeness (QED) is 0.747. The minimum Gasteiger partial charge on any atom is -0.409 e. The molecule has 1 aromatic carbocycles. The van der Waals surface area contributed by atoms with Crippen LogP contribution in [0.5, 0.6) is 0 Å². The summed E-state index contributed by atoms with van der Waals surface area (Å²) in [4.78, 5) is 12.2. The number of hydrogen-bond donors (Lipinski definition) is 1. The van der Waals surface area contributed by atoms with Crippen molar-refractivity contribution in [1.82, 2.24) is 5.32 Å². The van der Waals surface area contributed by atoms with Crippen LogP contribution in [0.2, 0.25) is 29.7 Å². The lowest BCUT2D eigenvalue weighted by Crippen LogP contribution is -2.57.